The van der Waals surface area contributed by atoms with Gasteiger partial charge < -0.3 is 5.32 Å². The summed E-state index contributed by atoms with van der Waals surface area (Å²) in [7, 11) is -4.19. The third-order valence-corrected chi connectivity index (χ3v) is 4.69. The third kappa shape index (κ3) is 4.32. The Kier molecular flexibility index (Phi) is 6.45. The molecule has 1 fully saturated rings. The summed E-state index contributed by atoms with van der Waals surface area (Å²) in [6.07, 6.45) is 1.79. The lowest BCUT2D eigenvalue weighted by atomic mass is 10.0. The molecule has 0 aliphatic carbocycles. The van der Waals surface area contributed by atoms with Gasteiger partial charge in [-0.05, 0) is 44.0 Å². The number of hydrogen-bond acceptors (Lipinski definition) is 3. The van der Waals surface area contributed by atoms with E-state index in [1.807, 2.05) is 0 Å². The summed E-state index contributed by atoms with van der Waals surface area (Å²) in [6, 6.07) is 1.31. The highest BCUT2D eigenvalue weighted by Gasteiger charge is 2.25. The van der Waals surface area contributed by atoms with Crippen molar-refractivity contribution < 1.29 is 21.6 Å². The maximum atomic E-state index is 13.5. The average molecular weight is 345 g/mol. The molecule has 1 atom stereocenters. The fraction of sp³-hybridized carbons (Fsp3) is 0.500. The molecule has 1 aromatic rings. The van der Waals surface area contributed by atoms with Gasteiger partial charge in [-0.15, -0.1) is 12.4 Å². The molecular formula is C12H16ClF3N2O2S. The number of nitrogens with one attached hydrogen (secondary N) is 2. The minimum absolute atomic E-state index is 0. The minimum Gasteiger partial charge on any atom is -0.316 e. The first kappa shape index (κ1) is 18.2. The highest BCUT2D eigenvalue weighted by atomic mass is 35.5. The van der Waals surface area contributed by atoms with Crippen molar-refractivity contribution in [3.05, 3.63) is 29.6 Å². The van der Waals surface area contributed by atoms with Crippen LogP contribution in [0, 0.1) is 23.4 Å². The molecule has 21 heavy (non-hydrogen) atoms. The van der Waals surface area contributed by atoms with Crippen molar-refractivity contribution >= 4 is 22.4 Å². The lowest BCUT2D eigenvalue weighted by Crippen LogP contribution is -2.38. The van der Waals surface area contributed by atoms with Gasteiger partial charge in [-0.2, -0.15) is 0 Å². The molecule has 2 N–H and O–H groups in total. The maximum Gasteiger partial charge on any atom is 0.243 e. The Labute approximate surface area is 127 Å². The van der Waals surface area contributed by atoms with Gasteiger partial charge in [0.1, 0.15) is 4.90 Å². The number of piperidine rings is 1. The van der Waals surface area contributed by atoms with Crippen molar-refractivity contribution in [2.75, 3.05) is 19.6 Å². The zero-order chi connectivity index (χ0) is 14.8. The van der Waals surface area contributed by atoms with Crippen LogP contribution in [0.15, 0.2) is 17.0 Å². The molecule has 0 bridgehead atoms. The Morgan fingerprint density at radius 3 is 2.57 bits per heavy atom. The molecule has 1 aliphatic rings. The van der Waals surface area contributed by atoms with Crippen LogP contribution in [0.1, 0.15) is 12.8 Å². The summed E-state index contributed by atoms with van der Waals surface area (Å²) < 4.78 is 65.4. The van der Waals surface area contributed by atoms with Gasteiger partial charge in [0, 0.05) is 6.54 Å². The number of halogens is 4. The molecule has 2 rings (SSSR count). The minimum atomic E-state index is -4.19. The molecule has 1 unspecified atom stereocenters. The first-order valence-electron chi connectivity index (χ1n) is 6.25. The second-order valence-corrected chi connectivity index (χ2v) is 6.47. The van der Waals surface area contributed by atoms with E-state index in [2.05, 4.69) is 10.0 Å². The van der Waals surface area contributed by atoms with Crippen molar-refractivity contribution in [2.45, 2.75) is 17.7 Å². The van der Waals surface area contributed by atoms with Crippen LogP contribution in [0.25, 0.3) is 0 Å². The molecule has 1 aliphatic heterocycles. The number of hydrogen-bond donors (Lipinski definition) is 2. The molecule has 1 saturated heterocycles. The van der Waals surface area contributed by atoms with E-state index in [-0.39, 0.29) is 24.9 Å². The van der Waals surface area contributed by atoms with Gasteiger partial charge in [0.25, 0.3) is 0 Å². The second kappa shape index (κ2) is 7.44. The average Bonchev–Trinajstić information content (AvgIpc) is 2.44. The van der Waals surface area contributed by atoms with Gasteiger partial charge in [-0.1, -0.05) is 0 Å². The van der Waals surface area contributed by atoms with E-state index in [9.17, 15) is 21.6 Å². The predicted octanol–water partition coefficient (Wildman–Crippen LogP) is 1.80. The van der Waals surface area contributed by atoms with E-state index in [0.717, 1.165) is 25.5 Å². The van der Waals surface area contributed by atoms with Crippen LogP contribution in [-0.4, -0.2) is 28.1 Å². The van der Waals surface area contributed by atoms with Gasteiger partial charge in [0.15, 0.2) is 17.5 Å². The topological polar surface area (TPSA) is 58.2 Å². The van der Waals surface area contributed by atoms with Crippen molar-refractivity contribution in [1.82, 2.24) is 10.0 Å². The van der Waals surface area contributed by atoms with Crippen LogP contribution >= 0.6 is 12.4 Å². The summed E-state index contributed by atoms with van der Waals surface area (Å²) >= 11 is 0. The van der Waals surface area contributed by atoms with Crippen LogP contribution in [-0.2, 0) is 10.0 Å². The van der Waals surface area contributed by atoms with E-state index < -0.39 is 32.4 Å². The van der Waals surface area contributed by atoms with Crippen LogP contribution in [0.3, 0.4) is 0 Å². The second-order valence-electron chi connectivity index (χ2n) is 4.74. The first-order chi connectivity index (χ1) is 9.42. The van der Waals surface area contributed by atoms with Crippen molar-refractivity contribution in [3.63, 3.8) is 0 Å². The monoisotopic (exact) mass is 344 g/mol. The van der Waals surface area contributed by atoms with Gasteiger partial charge in [0.2, 0.25) is 10.0 Å². The Morgan fingerprint density at radius 2 is 1.95 bits per heavy atom. The molecule has 0 aromatic heterocycles. The summed E-state index contributed by atoms with van der Waals surface area (Å²) in [4.78, 5) is -0.875. The summed E-state index contributed by atoms with van der Waals surface area (Å²) in [5.74, 6) is -4.80. The van der Waals surface area contributed by atoms with Gasteiger partial charge >= 0.3 is 0 Å². The highest BCUT2D eigenvalue weighted by molar-refractivity contribution is 7.89. The summed E-state index contributed by atoms with van der Waals surface area (Å²) in [6.45, 7) is 1.69. The van der Waals surface area contributed by atoms with Crippen molar-refractivity contribution in [3.8, 4) is 0 Å². The van der Waals surface area contributed by atoms with E-state index >= 15 is 0 Å². The number of sulfonamides is 1. The first-order valence-corrected chi connectivity index (χ1v) is 7.74. The molecule has 0 radical (unpaired) electrons. The Morgan fingerprint density at radius 1 is 1.24 bits per heavy atom. The number of rotatable bonds is 4. The van der Waals surface area contributed by atoms with Gasteiger partial charge in [0.05, 0.1) is 0 Å². The molecule has 0 saturated carbocycles. The molecule has 4 nitrogen and oxygen atoms in total. The molecule has 0 spiro atoms. The predicted molar refractivity (Wildman–Crippen MR) is 74.3 cm³/mol. The highest BCUT2D eigenvalue weighted by Crippen LogP contribution is 2.20. The third-order valence-electron chi connectivity index (χ3n) is 3.25. The zero-order valence-corrected chi connectivity index (χ0v) is 12.7. The quantitative estimate of drug-likeness (QED) is 0.819. The van der Waals surface area contributed by atoms with Crippen LogP contribution in [0.2, 0.25) is 0 Å². The standard InChI is InChI=1S/C12H15F3N2O2S.ClH/c13-9-3-4-10(12(15)11(9)14)20(18,19)17-7-8-2-1-5-16-6-8;/h3-4,8,16-17H,1-2,5-7H2;1H. The lowest BCUT2D eigenvalue weighted by Gasteiger charge is -2.22. The summed E-state index contributed by atoms with van der Waals surface area (Å²) in [5, 5.41) is 3.12. The molecule has 120 valence electrons. The SMILES string of the molecule is Cl.O=S(=O)(NCC1CCCNC1)c1ccc(F)c(F)c1F. The Bertz CT molecular complexity index is 592. The fourth-order valence-corrected chi connectivity index (χ4v) is 3.30. The van der Waals surface area contributed by atoms with E-state index in [1.165, 1.54) is 0 Å². The Hall–Kier alpha value is -0.830. The van der Waals surface area contributed by atoms with E-state index in [1.54, 1.807) is 0 Å². The molecule has 1 aromatic carbocycles. The van der Waals surface area contributed by atoms with Crippen LogP contribution in [0.5, 0.6) is 0 Å². The van der Waals surface area contributed by atoms with Crippen LogP contribution < -0.4 is 10.0 Å². The number of benzene rings is 1. The largest absolute Gasteiger partial charge is 0.316 e. The summed E-state index contributed by atoms with van der Waals surface area (Å²) in [5.41, 5.74) is 0. The van der Waals surface area contributed by atoms with Crippen molar-refractivity contribution in [1.29, 1.82) is 0 Å². The molecular weight excluding hydrogens is 329 g/mol. The lowest BCUT2D eigenvalue weighted by molar-refractivity contribution is 0.375. The van der Waals surface area contributed by atoms with E-state index in [4.69, 9.17) is 0 Å². The molecule has 0 amide bonds. The fourth-order valence-electron chi connectivity index (χ4n) is 2.12. The van der Waals surface area contributed by atoms with Gasteiger partial charge in [-0.25, -0.2) is 26.3 Å². The normalized spacial score (nSPS) is 19.1. The Balaban J connectivity index is 0.00000220. The zero-order valence-electron chi connectivity index (χ0n) is 11.0. The molecule has 1 heterocycles. The maximum absolute atomic E-state index is 13.5. The van der Waals surface area contributed by atoms with Crippen LogP contribution in [0.4, 0.5) is 13.2 Å². The van der Waals surface area contributed by atoms with Crippen molar-refractivity contribution in [2.24, 2.45) is 5.92 Å². The smallest absolute Gasteiger partial charge is 0.243 e. The van der Waals surface area contributed by atoms with Gasteiger partial charge in [-0.3, -0.25) is 0 Å². The van der Waals surface area contributed by atoms with E-state index in [0.29, 0.717) is 12.6 Å². The molecule has 9 heteroatoms.